The summed E-state index contributed by atoms with van der Waals surface area (Å²) < 4.78 is 5.48. The van der Waals surface area contributed by atoms with Crippen LogP contribution >= 0.6 is 11.8 Å². The zero-order valence-electron chi connectivity index (χ0n) is 15.4. The van der Waals surface area contributed by atoms with Crippen LogP contribution < -0.4 is 0 Å². The molecule has 2 heterocycles. The molecule has 27 heavy (non-hydrogen) atoms. The van der Waals surface area contributed by atoms with E-state index in [0.29, 0.717) is 31.2 Å². The van der Waals surface area contributed by atoms with E-state index >= 15 is 0 Å². The lowest BCUT2D eigenvalue weighted by Crippen LogP contribution is -2.24. The number of hydrogen-bond acceptors (Lipinski definition) is 5. The number of carbonyl (C=O) groups is 1. The number of benzene rings is 2. The molecule has 0 aliphatic carbocycles. The molecule has 1 aliphatic rings. The van der Waals surface area contributed by atoms with Crippen molar-refractivity contribution in [3.8, 4) is 11.4 Å². The van der Waals surface area contributed by atoms with Gasteiger partial charge in [-0.05, 0) is 36.9 Å². The first kappa shape index (κ1) is 17.8. The molecule has 0 N–H and O–H groups in total. The summed E-state index contributed by atoms with van der Waals surface area (Å²) in [5.41, 5.74) is 3.21. The van der Waals surface area contributed by atoms with Crippen LogP contribution in [-0.2, 0) is 11.3 Å². The average Bonchev–Trinajstić information content (AvgIpc) is 3.30. The fraction of sp³-hybridized carbons (Fsp3) is 0.286. The van der Waals surface area contributed by atoms with Gasteiger partial charge in [-0.25, -0.2) is 0 Å². The monoisotopic (exact) mass is 379 g/mol. The minimum absolute atomic E-state index is 0.0472. The van der Waals surface area contributed by atoms with Crippen LogP contribution in [0.15, 0.2) is 57.9 Å². The number of carbonyl (C=O) groups excluding carboxylic acids is 1. The summed E-state index contributed by atoms with van der Waals surface area (Å²) in [5.74, 6) is 1.20. The number of aromatic nitrogens is 2. The molecule has 1 saturated heterocycles. The third kappa shape index (κ3) is 3.90. The largest absolute Gasteiger partial charge is 0.339 e. The first-order valence-electron chi connectivity index (χ1n) is 8.94. The maximum Gasteiger partial charge on any atom is 0.232 e. The molecule has 1 atom stereocenters. The topological polar surface area (TPSA) is 59.2 Å². The summed E-state index contributed by atoms with van der Waals surface area (Å²) >= 11 is 1.71. The van der Waals surface area contributed by atoms with Crippen molar-refractivity contribution in [1.82, 2.24) is 15.0 Å². The van der Waals surface area contributed by atoms with Crippen molar-refractivity contribution in [3.05, 3.63) is 65.5 Å². The van der Waals surface area contributed by atoms with Crippen molar-refractivity contribution < 1.29 is 9.32 Å². The summed E-state index contributed by atoms with van der Waals surface area (Å²) in [6.07, 6.45) is 2.47. The van der Waals surface area contributed by atoms with E-state index in [4.69, 9.17) is 4.52 Å². The summed E-state index contributed by atoms with van der Waals surface area (Å²) in [7, 11) is 0. The van der Waals surface area contributed by atoms with Gasteiger partial charge in [0.1, 0.15) is 0 Å². The summed E-state index contributed by atoms with van der Waals surface area (Å²) in [5, 5.41) is 4.11. The molecule has 1 unspecified atom stereocenters. The van der Waals surface area contributed by atoms with Crippen molar-refractivity contribution in [2.24, 2.45) is 0 Å². The molecule has 5 nitrogen and oxygen atoms in total. The molecule has 138 valence electrons. The lowest BCUT2D eigenvalue weighted by Gasteiger charge is -2.16. The van der Waals surface area contributed by atoms with Crippen LogP contribution in [0.25, 0.3) is 11.4 Å². The highest BCUT2D eigenvalue weighted by Gasteiger charge is 2.34. The van der Waals surface area contributed by atoms with E-state index in [2.05, 4.69) is 40.7 Å². The number of rotatable bonds is 5. The van der Waals surface area contributed by atoms with Gasteiger partial charge in [-0.3, -0.25) is 4.79 Å². The van der Waals surface area contributed by atoms with Gasteiger partial charge in [0.15, 0.2) is 0 Å². The van der Waals surface area contributed by atoms with E-state index < -0.39 is 0 Å². The lowest BCUT2D eigenvalue weighted by molar-refractivity contribution is -0.128. The molecule has 0 radical (unpaired) electrons. The highest BCUT2D eigenvalue weighted by atomic mass is 32.2. The van der Waals surface area contributed by atoms with Gasteiger partial charge in [0.25, 0.3) is 0 Å². The summed E-state index contributed by atoms with van der Waals surface area (Å²) in [4.78, 5) is 20.1. The van der Waals surface area contributed by atoms with Gasteiger partial charge in [0, 0.05) is 30.0 Å². The molecule has 2 aromatic carbocycles. The fourth-order valence-corrected chi connectivity index (χ4v) is 3.75. The second kappa shape index (κ2) is 7.56. The van der Waals surface area contributed by atoms with E-state index in [1.165, 1.54) is 4.90 Å². The van der Waals surface area contributed by atoms with Crippen LogP contribution in [0.5, 0.6) is 0 Å². The third-order valence-electron chi connectivity index (χ3n) is 4.81. The lowest BCUT2D eigenvalue weighted by atomic mass is 10.1. The maximum absolute atomic E-state index is 12.4. The Hall–Kier alpha value is -2.60. The molecule has 0 saturated carbocycles. The normalized spacial score (nSPS) is 16.9. The second-order valence-electron chi connectivity index (χ2n) is 6.85. The third-order valence-corrected chi connectivity index (χ3v) is 5.56. The Bertz CT molecular complexity index is 952. The zero-order valence-corrected chi connectivity index (χ0v) is 16.2. The molecule has 1 aromatic heterocycles. The van der Waals surface area contributed by atoms with Crippen LogP contribution in [0.4, 0.5) is 0 Å². The summed E-state index contributed by atoms with van der Waals surface area (Å²) in [6.45, 7) is 3.26. The van der Waals surface area contributed by atoms with Crippen molar-refractivity contribution in [2.45, 2.75) is 30.7 Å². The Morgan fingerprint density at radius 1 is 1.22 bits per heavy atom. The van der Waals surface area contributed by atoms with Gasteiger partial charge in [-0.2, -0.15) is 4.98 Å². The Balaban J connectivity index is 1.46. The number of amides is 1. The maximum atomic E-state index is 12.4. The molecule has 1 aliphatic heterocycles. The first-order chi connectivity index (χ1) is 13.1. The SMILES string of the molecule is CSc1ccc(CN2CC(c3nc(-c4cccc(C)c4)no3)CC2=O)cc1. The second-order valence-corrected chi connectivity index (χ2v) is 7.73. The first-order valence-corrected chi connectivity index (χ1v) is 10.2. The van der Waals surface area contributed by atoms with Gasteiger partial charge in [-0.1, -0.05) is 41.1 Å². The van der Waals surface area contributed by atoms with E-state index in [1.807, 2.05) is 36.1 Å². The number of likely N-dealkylation sites (tertiary alicyclic amines) is 1. The van der Waals surface area contributed by atoms with Crippen LogP contribution in [0.2, 0.25) is 0 Å². The molecule has 0 bridgehead atoms. The highest BCUT2D eigenvalue weighted by molar-refractivity contribution is 7.98. The molecule has 1 fully saturated rings. The molecule has 1 amide bonds. The van der Waals surface area contributed by atoms with Crippen LogP contribution in [0, 0.1) is 6.92 Å². The number of nitrogens with zero attached hydrogens (tertiary/aromatic N) is 3. The number of thioether (sulfide) groups is 1. The fourth-order valence-electron chi connectivity index (χ4n) is 3.34. The molecule has 6 heteroatoms. The average molecular weight is 379 g/mol. The minimum Gasteiger partial charge on any atom is -0.339 e. The summed E-state index contributed by atoms with van der Waals surface area (Å²) in [6, 6.07) is 16.3. The smallest absolute Gasteiger partial charge is 0.232 e. The van der Waals surface area contributed by atoms with E-state index in [9.17, 15) is 4.79 Å². The molecular formula is C21H21N3O2S. The van der Waals surface area contributed by atoms with Gasteiger partial charge < -0.3 is 9.42 Å². The predicted molar refractivity (Wildman–Crippen MR) is 105 cm³/mol. The van der Waals surface area contributed by atoms with E-state index in [0.717, 1.165) is 16.7 Å². The quantitative estimate of drug-likeness (QED) is 0.619. The predicted octanol–water partition coefficient (Wildman–Crippen LogP) is 4.28. The molecule has 4 rings (SSSR count). The van der Waals surface area contributed by atoms with Gasteiger partial charge in [0.05, 0.1) is 5.92 Å². The van der Waals surface area contributed by atoms with Crippen LogP contribution in [0.1, 0.15) is 29.4 Å². The van der Waals surface area contributed by atoms with Gasteiger partial charge >= 0.3 is 0 Å². The van der Waals surface area contributed by atoms with E-state index in [-0.39, 0.29) is 11.8 Å². The Morgan fingerprint density at radius 2 is 2.04 bits per heavy atom. The Morgan fingerprint density at radius 3 is 2.78 bits per heavy atom. The molecule has 0 spiro atoms. The van der Waals surface area contributed by atoms with Crippen molar-refractivity contribution in [1.29, 1.82) is 0 Å². The Kier molecular flexibility index (Phi) is 4.99. The van der Waals surface area contributed by atoms with E-state index in [1.54, 1.807) is 11.8 Å². The van der Waals surface area contributed by atoms with Crippen LogP contribution in [-0.4, -0.2) is 33.7 Å². The van der Waals surface area contributed by atoms with Gasteiger partial charge in [-0.15, -0.1) is 11.8 Å². The standard InChI is InChI=1S/C21H21N3O2S/c1-14-4-3-5-16(10-14)20-22-21(26-23-20)17-11-19(25)24(13-17)12-15-6-8-18(27-2)9-7-15/h3-10,17H,11-13H2,1-2H3. The minimum atomic E-state index is -0.0472. The molecule has 3 aromatic rings. The zero-order chi connectivity index (χ0) is 18.8. The van der Waals surface area contributed by atoms with Crippen molar-refractivity contribution >= 4 is 17.7 Å². The number of hydrogen-bond donors (Lipinski definition) is 0. The van der Waals surface area contributed by atoms with Gasteiger partial charge in [0.2, 0.25) is 17.6 Å². The van der Waals surface area contributed by atoms with Crippen LogP contribution in [0.3, 0.4) is 0 Å². The highest BCUT2D eigenvalue weighted by Crippen LogP contribution is 2.30. The molecular weight excluding hydrogens is 358 g/mol. The van der Waals surface area contributed by atoms with Crippen molar-refractivity contribution in [2.75, 3.05) is 12.8 Å². The van der Waals surface area contributed by atoms with Crippen molar-refractivity contribution in [3.63, 3.8) is 0 Å². The Labute approximate surface area is 162 Å². The number of aryl methyl sites for hydroxylation is 1.